The molecule has 2 N–H and O–H groups in total. The lowest BCUT2D eigenvalue weighted by molar-refractivity contribution is -0.136. The summed E-state index contributed by atoms with van der Waals surface area (Å²) in [5, 5.41) is 6.46. The van der Waals surface area contributed by atoms with E-state index >= 15 is 0 Å². The zero-order valence-corrected chi connectivity index (χ0v) is 15.5. The molecule has 0 aromatic carbocycles. The molecule has 5 heteroatoms. The molecule has 0 bridgehead atoms. The number of carbonyl (C=O) groups excluding carboxylic acids is 2. The van der Waals surface area contributed by atoms with E-state index in [1.165, 1.54) is 12.8 Å². The number of hydrogen-bond acceptors (Lipinski definition) is 3. The Hall–Kier alpha value is -1.10. The van der Waals surface area contributed by atoms with Crippen LogP contribution in [-0.2, 0) is 9.59 Å². The van der Waals surface area contributed by atoms with Gasteiger partial charge in [-0.15, -0.1) is 0 Å². The van der Waals surface area contributed by atoms with Gasteiger partial charge < -0.3 is 15.5 Å². The second-order valence-electron chi connectivity index (χ2n) is 7.61. The summed E-state index contributed by atoms with van der Waals surface area (Å²) in [6.07, 6.45) is 7.02. The van der Waals surface area contributed by atoms with Crippen molar-refractivity contribution < 1.29 is 9.59 Å². The minimum absolute atomic E-state index is 0.0220. The number of rotatable bonds is 7. The monoisotopic (exact) mass is 337 g/mol. The van der Waals surface area contributed by atoms with Crippen LogP contribution >= 0.6 is 0 Å². The van der Waals surface area contributed by atoms with Gasteiger partial charge in [0.2, 0.25) is 11.8 Å². The molecule has 0 aromatic rings. The number of amides is 2. The lowest BCUT2D eigenvalue weighted by atomic mass is 9.85. The lowest BCUT2D eigenvalue weighted by Crippen LogP contribution is -2.46. The highest BCUT2D eigenvalue weighted by Gasteiger charge is 2.30. The van der Waals surface area contributed by atoms with Gasteiger partial charge in [-0.25, -0.2) is 0 Å². The highest BCUT2D eigenvalue weighted by molar-refractivity contribution is 5.81. The number of carbonyl (C=O) groups is 2. The predicted octanol–water partition coefficient (Wildman–Crippen LogP) is 2.17. The molecule has 2 fully saturated rings. The fourth-order valence-electron chi connectivity index (χ4n) is 3.89. The number of hydrogen-bond donors (Lipinski definition) is 2. The molecular formula is C19H35N3O2. The van der Waals surface area contributed by atoms with Crippen LogP contribution in [0.4, 0.5) is 0 Å². The maximum atomic E-state index is 12.7. The van der Waals surface area contributed by atoms with Gasteiger partial charge in [-0.1, -0.05) is 20.3 Å². The third-order valence-corrected chi connectivity index (χ3v) is 5.61. The summed E-state index contributed by atoms with van der Waals surface area (Å²) in [6, 6.07) is 0. The molecular weight excluding hydrogens is 302 g/mol. The Morgan fingerprint density at radius 3 is 2.83 bits per heavy atom. The molecule has 5 nitrogen and oxygen atoms in total. The largest absolute Gasteiger partial charge is 0.356 e. The van der Waals surface area contributed by atoms with E-state index in [9.17, 15) is 9.59 Å². The molecule has 0 saturated carbocycles. The molecule has 3 atom stereocenters. The van der Waals surface area contributed by atoms with Crippen LogP contribution < -0.4 is 10.6 Å². The fraction of sp³-hybridized carbons (Fsp3) is 0.895. The zero-order valence-electron chi connectivity index (χ0n) is 15.5. The first-order chi connectivity index (χ1) is 11.6. The van der Waals surface area contributed by atoms with Crippen LogP contribution in [0.3, 0.4) is 0 Å². The van der Waals surface area contributed by atoms with Crippen molar-refractivity contribution in [1.82, 2.24) is 15.5 Å². The number of unbranched alkanes of at least 4 members (excludes halogenated alkanes) is 1. The third kappa shape index (κ3) is 5.76. The molecule has 2 aliphatic rings. The van der Waals surface area contributed by atoms with Crippen LogP contribution in [0.15, 0.2) is 0 Å². The van der Waals surface area contributed by atoms with E-state index in [4.69, 9.17) is 0 Å². The van der Waals surface area contributed by atoms with Crippen LogP contribution in [-0.4, -0.2) is 49.4 Å². The lowest BCUT2D eigenvalue weighted by Gasteiger charge is -2.34. The Morgan fingerprint density at radius 2 is 2.12 bits per heavy atom. The highest BCUT2D eigenvalue weighted by Crippen LogP contribution is 2.25. The van der Waals surface area contributed by atoms with E-state index in [0.29, 0.717) is 24.8 Å². The molecule has 0 radical (unpaired) electrons. The van der Waals surface area contributed by atoms with Crippen LogP contribution in [0, 0.1) is 17.8 Å². The average Bonchev–Trinajstić information content (AvgIpc) is 2.62. The third-order valence-electron chi connectivity index (χ3n) is 5.61. The van der Waals surface area contributed by atoms with Gasteiger partial charge in [0.05, 0.1) is 5.92 Å². The van der Waals surface area contributed by atoms with Crippen molar-refractivity contribution in [2.24, 2.45) is 17.8 Å². The Kier molecular flexibility index (Phi) is 8.03. The van der Waals surface area contributed by atoms with E-state index in [-0.39, 0.29) is 17.7 Å². The standard InChI is InChI=1S/C19H35N3O2/c1-3-4-10-21-19(24)17-8-6-11-22(14-17)18(23)12-15(2)16-7-5-9-20-13-16/h15-17,20H,3-14H2,1-2H3,(H,21,24). The van der Waals surface area contributed by atoms with Gasteiger partial charge in [0.15, 0.2) is 0 Å². The van der Waals surface area contributed by atoms with Crippen molar-refractivity contribution in [3.05, 3.63) is 0 Å². The van der Waals surface area contributed by atoms with Crippen molar-refractivity contribution >= 4 is 11.8 Å². The van der Waals surface area contributed by atoms with E-state index in [2.05, 4.69) is 24.5 Å². The van der Waals surface area contributed by atoms with Crippen molar-refractivity contribution in [3.8, 4) is 0 Å². The summed E-state index contributed by atoms with van der Waals surface area (Å²) in [5.41, 5.74) is 0. The summed E-state index contributed by atoms with van der Waals surface area (Å²) in [7, 11) is 0. The smallest absolute Gasteiger partial charge is 0.224 e. The van der Waals surface area contributed by atoms with Crippen LogP contribution in [0.2, 0.25) is 0 Å². The summed E-state index contributed by atoms with van der Waals surface area (Å²) >= 11 is 0. The van der Waals surface area contributed by atoms with E-state index in [0.717, 1.165) is 51.9 Å². The van der Waals surface area contributed by atoms with Crippen molar-refractivity contribution in [2.45, 2.75) is 58.8 Å². The molecule has 138 valence electrons. The van der Waals surface area contributed by atoms with Gasteiger partial charge in [-0.2, -0.15) is 0 Å². The van der Waals surface area contributed by atoms with E-state index in [1.807, 2.05) is 4.90 Å². The predicted molar refractivity (Wildman–Crippen MR) is 96.6 cm³/mol. The topological polar surface area (TPSA) is 61.4 Å². The van der Waals surface area contributed by atoms with Gasteiger partial charge in [0.25, 0.3) is 0 Å². The number of likely N-dealkylation sites (tertiary alicyclic amines) is 1. The Labute approximate surface area is 146 Å². The maximum Gasteiger partial charge on any atom is 0.224 e. The summed E-state index contributed by atoms with van der Waals surface area (Å²) in [6.45, 7) is 8.64. The van der Waals surface area contributed by atoms with Gasteiger partial charge in [-0.3, -0.25) is 9.59 Å². The summed E-state index contributed by atoms with van der Waals surface area (Å²) < 4.78 is 0. The Balaban J connectivity index is 1.77. The molecule has 0 aliphatic carbocycles. The fourth-order valence-corrected chi connectivity index (χ4v) is 3.89. The molecule has 2 saturated heterocycles. The number of nitrogens with one attached hydrogen (secondary N) is 2. The Morgan fingerprint density at radius 1 is 1.29 bits per heavy atom. The second-order valence-corrected chi connectivity index (χ2v) is 7.61. The summed E-state index contributed by atoms with van der Waals surface area (Å²) in [4.78, 5) is 26.8. The average molecular weight is 338 g/mol. The first-order valence-electron chi connectivity index (χ1n) is 9.88. The second kappa shape index (κ2) is 10.0. The van der Waals surface area contributed by atoms with E-state index in [1.54, 1.807) is 0 Å². The molecule has 0 spiro atoms. The molecule has 2 rings (SSSR count). The van der Waals surface area contributed by atoms with Crippen LogP contribution in [0.1, 0.15) is 58.8 Å². The first kappa shape index (κ1) is 19.2. The number of piperidine rings is 2. The van der Waals surface area contributed by atoms with E-state index < -0.39 is 0 Å². The zero-order chi connectivity index (χ0) is 17.4. The molecule has 2 heterocycles. The summed E-state index contributed by atoms with van der Waals surface area (Å²) in [5.74, 6) is 1.38. The molecule has 2 amide bonds. The molecule has 0 aromatic heterocycles. The van der Waals surface area contributed by atoms with Crippen molar-refractivity contribution in [1.29, 1.82) is 0 Å². The van der Waals surface area contributed by atoms with Crippen molar-refractivity contribution in [3.63, 3.8) is 0 Å². The maximum absolute atomic E-state index is 12.7. The van der Waals surface area contributed by atoms with Gasteiger partial charge >= 0.3 is 0 Å². The molecule has 3 unspecified atom stereocenters. The quantitative estimate of drug-likeness (QED) is 0.700. The van der Waals surface area contributed by atoms with Crippen molar-refractivity contribution in [2.75, 3.05) is 32.7 Å². The minimum Gasteiger partial charge on any atom is -0.356 e. The molecule has 24 heavy (non-hydrogen) atoms. The highest BCUT2D eigenvalue weighted by atomic mass is 16.2. The van der Waals surface area contributed by atoms with Crippen LogP contribution in [0.5, 0.6) is 0 Å². The normalized spacial score (nSPS) is 26.0. The minimum atomic E-state index is -0.0220. The van der Waals surface area contributed by atoms with Gasteiger partial charge in [-0.05, 0) is 57.0 Å². The number of nitrogens with zero attached hydrogens (tertiary/aromatic N) is 1. The SMILES string of the molecule is CCCCNC(=O)C1CCCN(C(=O)CC(C)C2CCCNC2)C1. The molecule has 2 aliphatic heterocycles. The van der Waals surface area contributed by atoms with Crippen LogP contribution in [0.25, 0.3) is 0 Å². The van der Waals surface area contributed by atoms with Gasteiger partial charge in [0, 0.05) is 26.1 Å². The van der Waals surface area contributed by atoms with Gasteiger partial charge in [0.1, 0.15) is 0 Å². The first-order valence-corrected chi connectivity index (χ1v) is 9.88. The Bertz CT molecular complexity index is 407.